The van der Waals surface area contributed by atoms with E-state index >= 15 is 0 Å². The smallest absolute Gasteiger partial charge is 0.231 e. The van der Waals surface area contributed by atoms with Crippen molar-refractivity contribution >= 4 is 46.7 Å². The third kappa shape index (κ3) is 3.91. The summed E-state index contributed by atoms with van der Waals surface area (Å²) in [7, 11) is 0. The predicted molar refractivity (Wildman–Crippen MR) is 116 cm³/mol. The third-order valence-electron chi connectivity index (χ3n) is 4.71. The van der Waals surface area contributed by atoms with Crippen LogP contribution in [-0.2, 0) is 6.61 Å². The second-order valence-corrected chi connectivity index (χ2v) is 7.89. The Balaban J connectivity index is 1.60. The first-order valence-corrected chi connectivity index (χ1v) is 10.1. The monoisotopic (exact) mass is 462 g/mol. The minimum Gasteiger partial charge on any atom is -0.488 e. The van der Waals surface area contributed by atoms with Crippen molar-refractivity contribution in [1.82, 2.24) is 0 Å². The maximum Gasteiger partial charge on any atom is 0.231 e. The summed E-state index contributed by atoms with van der Waals surface area (Å²) in [4.78, 5) is 12.7. The highest BCUT2D eigenvalue weighted by molar-refractivity contribution is 6.42. The first kappa shape index (κ1) is 20.7. The molecule has 4 rings (SSSR count). The van der Waals surface area contributed by atoms with Crippen molar-refractivity contribution in [1.29, 1.82) is 0 Å². The van der Waals surface area contributed by atoms with Crippen LogP contribution in [-0.4, -0.2) is 5.78 Å². The molecule has 30 heavy (non-hydrogen) atoms. The van der Waals surface area contributed by atoms with E-state index in [0.29, 0.717) is 38.2 Å². The number of allylic oxidation sites excluding steroid dienone is 1. The average molecular weight is 464 g/mol. The summed E-state index contributed by atoms with van der Waals surface area (Å²) in [6.45, 7) is 1.72. The number of benzene rings is 3. The summed E-state index contributed by atoms with van der Waals surface area (Å²) >= 11 is 18.0. The van der Waals surface area contributed by atoms with E-state index < -0.39 is 5.82 Å². The molecule has 7 heteroatoms. The molecule has 0 spiro atoms. The second kappa shape index (κ2) is 8.31. The zero-order valence-electron chi connectivity index (χ0n) is 15.6. The molecule has 0 fully saturated rings. The van der Waals surface area contributed by atoms with E-state index in [-0.39, 0.29) is 28.7 Å². The lowest BCUT2D eigenvalue weighted by Crippen LogP contribution is -2.01. The van der Waals surface area contributed by atoms with Gasteiger partial charge in [-0.2, -0.15) is 0 Å². The van der Waals surface area contributed by atoms with Gasteiger partial charge in [0.1, 0.15) is 23.9 Å². The lowest BCUT2D eigenvalue weighted by atomic mass is 10.1. The molecule has 0 saturated carbocycles. The van der Waals surface area contributed by atoms with Crippen molar-refractivity contribution in [2.24, 2.45) is 0 Å². The van der Waals surface area contributed by atoms with Gasteiger partial charge in [-0.15, -0.1) is 0 Å². The van der Waals surface area contributed by atoms with Gasteiger partial charge < -0.3 is 9.47 Å². The Morgan fingerprint density at radius 2 is 1.83 bits per heavy atom. The van der Waals surface area contributed by atoms with Crippen molar-refractivity contribution in [3.05, 3.63) is 97.4 Å². The molecule has 3 aromatic carbocycles. The number of carbonyl (C=O) groups is 1. The molecule has 152 valence electrons. The highest BCUT2D eigenvalue weighted by Crippen LogP contribution is 2.40. The van der Waals surface area contributed by atoms with Gasteiger partial charge in [-0.1, -0.05) is 46.9 Å². The third-order valence-corrected chi connectivity index (χ3v) is 5.80. The zero-order chi connectivity index (χ0) is 21.4. The Morgan fingerprint density at radius 3 is 2.57 bits per heavy atom. The molecule has 1 heterocycles. The molecule has 3 nitrogen and oxygen atoms in total. The van der Waals surface area contributed by atoms with Crippen molar-refractivity contribution < 1.29 is 18.7 Å². The molecule has 1 aliphatic rings. The average Bonchev–Trinajstić information content (AvgIpc) is 3.02. The van der Waals surface area contributed by atoms with Crippen LogP contribution >= 0.6 is 34.8 Å². The van der Waals surface area contributed by atoms with Crippen LogP contribution < -0.4 is 9.47 Å². The number of ether oxygens (including phenoxy) is 2. The number of fused-ring (bicyclic) bond motifs is 1. The molecule has 1 aliphatic heterocycles. The van der Waals surface area contributed by atoms with Crippen molar-refractivity contribution in [2.45, 2.75) is 13.5 Å². The molecule has 0 bridgehead atoms. The lowest BCUT2D eigenvalue weighted by Gasteiger charge is -2.12. The van der Waals surface area contributed by atoms with Crippen LogP contribution in [0.5, 0.6) is 11.5 Å². The van der Waals surface area contributed by atoms with Crippen LogP contribution in [0, 0.1) is 12.7 Å². The number of carbonyl (C=O) groups excluding carboxylic acids is 1. The van der Waals surface area contributed by atoms with E-state index in [1.807, 2.05) is 0 Å². The fraction of sp³-hybridized carbons (Fsp3) is 0.0870. The van der Waals surface area contributed by atoms with Crippen LogP contribution in [0.4, 0.5) is 4.39 Å². The van der Waals surface area contributed by atoms with E-state index in [1.165, 1.54) is 12.1 Å². The molecule has 0 unspecified atom stereocenters. The van der Waals surface area contributed by atoms with E-state index in [1.54, 1.807) is 49.4 Å². The molecule has 0 atom stereocenters. The maximum atomic E-state index is 14.0. The number of hydrogen-bond acceptors (Lipinski definition) is 3. The normalized spacial score (nSPS) is 14.0. The number of hydrogen-bond donors (Lipinski definition) is 0. The summed E-state index contributed by atoms with van der Waals surface area (Å²) in [6, 6.07) is 12.8. The molecule has 0 saturated heterocycles. The van der Waals surface area contributed by atoms with Crippen LogP contribution in [0.25, 0.3) is 6.08 Å². The second-order valence-electron chi connectivity index (χ2n) is 6.67. The number of Topliss-reactive ketones (excluding diaryl/α,β-unsaturated/α-hetero) is 1. The molecule has 0 aliphatic carbocycles. The van der Waals surface area contributed by atoms with E-state index in [2.05, 4.69) is 0 Å². The van der Waals surface area contributed by atoms with Gasteiger partial charge in [-0.3, -0.25) is 4.79 Å². The Morgan fingerprint density at radius 1 is 1.03 bits per heavy atom. The van der Waals surface area contributed by atoms with Crippen molar-refractivity contribution in [3.8, 4) is 11.5 Å². The van der Waals surface area contributed by atoms with Gasteiger partial charge >= 0.3 is 0 Å². The van der Waals surface area contributed by atoms with Gasteiger partial charge in [0.15, 0.2) is 5.76 Å². The van der Waals surface area contributed by atoms with Crippen molar-refractivity contribution in [3.63, 3.8) is 0 Å². The number of ketones is 1. The summed E-state index contributed by atoms with van der Waals surface area (Å²) in [6.07, 6.45) is 1.60. The molecular formula is C23H14Cl3FO3. The molecule has 3 aromatic rings. The SMILES string of the molecule is Cc1c(OCc2c(F)cccc2Cl)ccc2c1O/C(=C\c1ccc(Cl)c(Cl)c1)C2=O. The fourth-order valence-electron chi connectivity index (χ4n) is 3.10. The van der Waals surface area contributed by atoms with Crippen LogP contribution in [0.15, 0.2) is 54.3 Å². The molecule has 0 radical (unpaired) electrons. The first-order chi connectivity index (χ1) is 14.3. The lowest BCUT2D eigenvalue weighted by molar-refractivity contribution is 0.101. The minimum absolute atomic E-state index is 0.0505. The van der Waals surface area contributed by atoms with Gasteiger partial charge in [-0.05, 0) is 55.0 Å². The number of halogens is 4. The van der Waals surface area contributed by atoms with Crippen LogP contribution in [0.2, 0.25) is 15.1 Å². The first-order valence-electron chi connectivity index (χ1n) is 8.93. The topological polar surface area (TPSA) is 35.5 Å². The van der Waals surface area contributed by atoms with E-state index in [4.69, 9.17) is 44.3 Å². The summed E-state index contributed by atoms with van der Waals surface area (Å²) < 4.78 is 25.6. The number of rotatable bonds is 4. The zero-order valence-corrected chi connectivity index (χ0v) is 17.9. The van der Waals surface area contributed by atoms with E-state index in [9.17, 15) is 9.18 Å². The Kier molecular flexibility index (Phi) is 5.74. The quantitative estimate of drug-likeness (QED) is 0.381. The standard InChI is InChI=1S/C23H14Cl3FO3/c1-12-20(29-11-15-16(24)3-2-4-19(15)27)8-6-14-22(28)21(30-23(12)14)10-13-5-7-17(25)18(26)9-13/h2-10H,11H2,1H3/b21-10-. The highest BCUT2D eigenvalue weighted by Gasteiger charge is 2.30. The molecular weight excluding hydrogens is 450 g/mol. The molecule has 0 aromatic heterocycles. The van der Waals surface area contributed by atoms with E-state index in [0.717, 1.165) is 0 Å². The fourth-order valence-corrected chi connectivity index (χ4v) is 3.62. The largest absolute Gasteiger partial charge is 0.488 e. The van der Waals surface area contributed by atoms with Gasteiger partial charge in [-0.25, -0.2) is 4.39 Å². The summed E-state index contributed by atoms with van der Waals surface area (Å²) in [5, 5.41) is 1.09. The van der Waals surface area contributed by atoms with Gasteiger partial charge in [0.2, 0.25) is 5.78 Å². The van der Waals surface area contributed by atoms with Crippen LogP contribution in [0.1, 0.15) is 27.0 Å². The van der Waals surface area contributed by atoms with Gasteiger partial charge in [0.05, 0.1) is 20.6 Å². The minimum atomic E-state index is -0.445. The summed E-state index contributed by atoms with van der Waals surface area (Å²) in [5.74, 6) is 0.350. The molecule has 0 amide bonds. The molecule has 0 N–H and O–H groups in total. The Bertz CT molecular complexity index is 1180. The summed E-state index contributed by atoms with van der Waals surface area (Å²) in [5.41, 5.74) is 2.00. The predicted octanol–water partition coefficient (Wildman–Crippen LogP) is 7.29. The highest BCUT2D eigenvalue weighted by atomic mass is 35.5. The maximum absolute atomic E-state index is 14.0. The Hall–Kier alpha value is -2.53. The van der Waals surface area contributed by atoms with Crippen LogP contribution in [0.3, 0.4) is 0 Å². The van der Waals surface area contributed by atoms with Gasteiger partial charge in [0, 0.05) is 11.1 Å². The Labute approximate surface area is 187 Å². The van der Waals surface area contributed by atoms with Gasteiger partial charge in [0.25, 0.3) is 0 Å². The van der Waals surface area contributed by atoms with Crippen molar-refractivity contribution in [2.75, 3.05) is 0 Å².